The predicted molar refractivity (Wildman–Crippen MR) is 70.0 cm³/mol. The molecule has 6 heteroatoms. The molecule has 0 aliphatic heterocycles. The zero-order valence-corrected chi connectivity index (χ0v) is 10.3. The lowest BCUT2D eigenvalue weighted by Gasteiger charge is -2.04. The summed E-state index contributed by atoms with van der Waals surface area (Å²) in [6, 6.07) is 11.0. The lowest BCUT2D eigenvalue weighted by atomic mass is 10.2. The standard InChI is InChI=1S/C14H10FN3O2/c15-11-4-2-1-3-10(11)8-18-13-6-5-9(14(19)20)7-12(13)16-17-18/h1-7H,8H2,(H,19,20). The van der Waals surface area contributed by atoms with Crippen molar-refractivity contribution in [1.29, 1.82) is 0 Å². The smallest absolute Gasteiger partial charge is 0.335 e. The Hall–Kier alpha value is -2.76. The first kappa shape index (κ1) is 12.3. The largest absolute Gasteiger partial charge is 0.478 e. The van der Waals surface area contributed by atoms with E-state index in [4.69, 9.17) is 5.11 Å². The van der Waals surface area contributed by atoms with E-state index in [0.717, 1.165) is 0 Å². The predicted octanol–water partition coefficient (Wildman–Crippen LogP) is 2.32. The molecule has 1 N–H and O–H groups in total. The van der Waals surface area contributed by atoms with Crippen molar-refractivity contribution in [1.82, 2.24) is 15.0 Å². The summed E-state index contributed by atoms with van der Waals surface area (Å²) in [5.74, 6) is -1.33. The Morgan fingerprint density at radius 1 is 1.25 bits per heavy atom. The number of fused-ring (bicyclic) bond motifs is 1. The lowest BCUT2D eigenvalue weighted by Crippen LogP contribution is -2.04. The maximum absolute atomic E-state index is 13.6. The number of carbonyl (C=O) groups is 1. The van der Waals surface area contributed by atoms with Crippen LogP contribution in [0.3, 0.4) is 0 Å². The van der Waals surface area contributed by atoms with E-state index in [-0.39, 0.29) is 17.9 Å². The Morgan fingerprint density at radius 2 is 2.05 bits per heavy atom. The third kappa shape index (κ3) is 2.11. The Labute approximate surface area is 113 Å². The van der Waals surface area contributed by atoms with Gasteiger partial charge < -0.3 is 5.11 Å². The van der Waals surface area contributed by atoms with Crippen molar-refractivity contribution in [3.8, 4) is 0 Å². The number of aromatic nitrogens is 3. The van der Waals surface area contributed by atoms with Crippen LogP contribution in [0.5, 0.6) is 0 Å². The Morgan fingerprint density at radius 3 is 2.80 bits per heavy atom. The molecule has 5 nitrogen and oxygen atoms in total. The highest BCUT2D eigenvalue weighted by atomic mass is 19.1. The number of carboxylic acids is 1. The number of benzene rings is 2. The summed E-state index contributed by atoms with van der Waals surface area (Å²) in [6.45, 7) is 0.246. The topological polar surface area (TPSA) is 68.0 Å². The highest BCUT2D eigenvalue weighted by Crippen LogP contribution is 2.16. The molecule has 3 aromatic rings. The van der Waals surface area contributed by atoms with Crippen LogP contribution in [0.25, 0.3) is 11.0 Å². The lowest BCUT2D eigenvalue weighted by molar-refractivity contribution is 0.0697. The Bertz CT molecular complexity index is 798. The van der Waals surface area contributed by atoms with Crippen molar-refractivity contribution in [2.24, 2.45) is 0 Å². The second-order valence-corrected chi connectivity index (χ2v) is 4.35. The molecular formula is C14H10FN3O2. The molecule has 3 rings (SSSR count). The first-order valence-electron chi connectivity index (χ1n) is 5.95. The molecule has 0 bridgehead atoms. The fraction of sp³-hybridized carbons (Fsp3) is 0.0714. The van der Waals surface area contributed by atoms with E-state index in [0.29, 0.717) is 16.6 Å². The van der Waals surface area contributed by atoms with Gasteiger partial charge in [-0.2, -0.15) is 0 Å². The molecule has 0 fully saturated rings. The molecule has 0 spiro atoms. The van der Waals surface area contributed by atoms with Crippen LogP contribution in [0.15, 0.2) is 42.5 Å². The summed E-state index contributed by atoms with van der Waals surface area (Å²) < 4.78 is 15.2. The molecule has 1 heterocycles. The normalized spacial score (nSPS) is 10.8. The van der Waals surface area contributed by atoms with Crippen molar-refractivity contribution in [2.75, 3.05) is 0 Å². The molecule has 0 radical (unpaired) electrons. The van der Waals surface area contributed by atoms with Gasteiger partial charge >= 0.3 is 5.97 Å². The van der Waals surface area contributed by atoms with Crippen molar-refractivity contribution in [3.05, 3.63) is 59.4 Å². The summed E-state index contributed by atoms with van der Waals surface area (Å²) in [4.78, 5) is 10.9. The third-order valence-electron chi connectivity index (χ3n) is 3.04. The van der Waals surface area contributed by atoms with Crippen LogP contribution in [0.4, 0.5) is 4.39 Å². The van der Waals surface area contributed by atoms with Crippen LogP contribution < -0.4 is 0 Å². The van der Waals surface area contributed by atoms with E-state index in [1.54, 1.807) is 28.9 Å². The van der Waals surface area contributed by atoms with Gasteiger partial charge in [0, 0.05) is 5.56 Å². The zero-order chi connectivity index (χ0) is 14.1. The summed E-state index contributed by atoms with van der Waals surface area (Å²) in [7, 11) is 0. The van der Waals surface area contributed by atoms with Crippen LogP contribution in [0.1, 0.15) is 15.9 Å². The van der Waals surface area contributed by atoms with E-state index >= 15 is 0 Å². The SMILES string of the molecule is O=C(O)c1ccc2c(c1)nnn2Cc1ccccc1F. The van der Waals surface area contributed by atoms with E-state index in [1.807, 2.05) is 0 Å². The molecule has 1 aromatic heterocycles. The van der Waals surface area contributed by atoms with Gasteiger partial charge in [-0.25, -0.2) is 13.9 Å². The third-order valence-corrected chi connectivity index (χ3v) is 3.04. The van der Waals surface area contributed by atoms with E-state index in [2.05, 4.69) is 10.3 Å². The van der Waals surface area contributed by atoms with E-state index < -0.39 is 5.97 Å². The number of hydrogen-bond donors (Lipinski definition) is 1. The van der Waals surface area contributed by atoms with Crippen molar-refractivity contribution >= 4 is 17.0 Å². The van der Waals surface area contributed by atoms with Gasteiger partial charge in [0.15, 0.2) is 0 Å². The zero-order valence-electron chi connectivity index (χ0n) is 10.3. The fourth-order valence-corrected chi connectivity index (χ4v) is 2.01. The van der Waals surface area contributed by atoms with Crippen LogP contribution >= 0.6 is 0 Å². The number of carboxylic acid groups (broad SMARTS) is 1. The molecule has 100 valence electrons. The highest BCUT2D eigenvalue weighted by Gasteiger charge is 2.10. The van der Waals surface area contributed by atoms with Crippen LogP contribution in [0.2, 0.25) is 0 Å². The first-order valence-corrected chi connectivity index (χ1v) is 5.95. The first-order chi connectivity index (χ1) is 9.65. The molecule has 0 amide bonds. The van der Waals surface area contributed by atoms with Gasteiger partial charge in [0.05, 0.1) is 17.6 Å². The molecule has 20 heavy (non-hydrogen) atoms. The van der Waals surface area contributed by atoms with Gasteiger partial charge in [0.2, 0.25) is 0 Å². The molecule has 0 aliphatic carbocycles. The number of nitrogens with zero attached hydrogens (tertiary/aromatic N) is 3. The van der Waals surface area contributed by atoms with Gasteiger partial charge in [0.1, 0.15) is 11.3 Å². The van der Waals surface area contributed by atoms with Gasteiger partial charge in [-0.05, 0) is 24.3 Å². The molecule has 0 aliphatic rings. The van der Waals surface area contributed by atoms with Crippen LogP contribution in [-0.2, 0) is 6.54 Å². The second kappa shape index (κ2) is 4.73. The maximum atomic E-state index is 13.6. The van der Waals surface area contributed by atoms with Gasteiger partial charge in [-0.1, -0.05) is 23.4 Å². The summed E-state index contributed by atoms with van der Waals surface area (Å²) in [5.41, 5.74) is 1.79. The number of halogens is 1. The molecule has 0 atom stereocenters. The van der Waals surface area contributed by atoms with Crippen LogP contribution in [-0.4, -0.2) is 26.1 Å². The number of rotatable bonds is 3. The molecule has 0 saturated heterocycles. The van der Waals surface area contributed by atoms with Crippen molar-refractivity contribution < 1.29 is 14.3 Å². The molecular weight excluding hydrogens is 261 g/mol. The van der Waals surface area contributed by atoms with Gasteiger partial charge in [-0.15, -0.1) is 5.10 Å². The minimum Gasteiger partial charge on any atom is -0.478 e. The maximum Gasteiger partial charge on any atom is 0.335 e. The monoisotopic (exact) mass is 271 g/mol. The average molecular weight is 271 g/mol. The summed E-state index contributed by atoms with van der Waals surface area (Å²) in [5, 5.41) is 16.8. The Balaban J connectivity index is 2.01. The Kier molecular flexibility index (Phi) is 2.90. The minimum absolute atomic E-state index is 0.149. The van der Waals surface area contributed by atoms with Crippen molar-refractivity contribution in [3.63, 3.8) is 0 Å². The van der Waals surface area contributed by atoms with E-state index in [9.17, 15) is 9.18 Å². The highest BCUT2D eigenvalue weighted by molar-refractivity contribution is 5.92. The minimum atomic E-state index is -1.02. The molecule has 0 unspecified atom stereocenters. The number of aromatic carboxylic acids is 1. The van der Waals surface area contributed by atoms with Gasteiger partial charge in [0.25, 0.3) is 0 Å². The van der Waals surface area contributed by atoms with Crippen LogP contribution in [0, 0.1) is 5.82 Å². The van der Waals surface area contributed by atoms with Crippen molar-refractivity contribution in [2.45, 2.75) is 6.54 Å². The average Bonchev–Trinajstić information content (AvgIpc) is 2.84. The summed E-state index contributed by atoms with van der Waals surface area (Å²) in [6.07, 6.45) is 0. The van der Waals surface area contributed by atoms with Gasteiger partial charge in [-0.3, -0.25) is 0 Å². The molecule has 0 saturated carbocycles. The quantitative estimate of drug-likeness (QED) is 0.793. The summed E-state index contributed by atoms with van der Waals surface area (Å²) >= 11 is 0. The molecule has 2 aromatic carbocycles. The number of hydrogen-bond acceptors (Lipinski definition) is 3. The fourth-order valence-electron chi connectivity index (χ4n) is 2.01. The second-order valence-electron chi connectivity index (χ2n) is 4.35. The van der Waals surface area contributed by atoms with E-state index in [1.165, 1.54) is 18.2 Å².